The van der Waals surface area contributed by atoms with E-state index in [2.05, 4.69) is 4.98 Å². The van der Waals surface area contributed by atoms with Crippen molar-refractivity contribution in [3.05, 3.63) is 70.5 Å². The summed E-state index contributed by atoms with van der Waals surface area (Å²) in [6.07, 6.45) is 0. The molecule has 28 heavy (non-hydrogen) atoms. The van der Waals surface area contributed by atoms with Crippen molar-refractivity contribution in [3.63, 3.8) is 0 Å². The summed E-state index contributed by atoms with van der Waals surface area (Å²) in [4.78, 5) is 15.3. The fourth-order valence-electron chi connectivity index (χ4n) is 3.15. The van der Waals surface area contributed by atoms with Crippen LogP contribution in [0.2, 0.25) is 0 Å². The number of methoxy groups -OCH3 is 2. The highest BCUT2D eigenvalue weighted by Gasteiger charge is 2.16. The van der Waals surface area contributed by atoms with Crippen LogP contribution < -0.4 is 15.0 Å². The third-order valence-corrected chi connectivity index (χ3v) is 4.53. The van der Waals surface area contributed by atoms with E-state index in [4.69, 9.17) is 13.9 Å². The molecular formula is C22H16N2O4. The number of furan rings is 1. The van der Waals surface area contributed by atoms with Gasteiger partial charge in [-0.3, -0.25) is 4.79 Å². The molecule has 0 saturated carbocycles. The zero-order valence-corrected chi connectivity index (χ0v) is 15.3. The number of nitriles is 1. The summed E-state index contributed by atoms with van der Waals surface area (Å²) in [5, 5.41) is 10.4. The lowest BCUT2D eigenvalue weighted by Gasteiger charge is -2.11. The van der Waals surface area contributed by atoms with Crippen LogP contribution in [0.3, 0.4) is 0 Å². The van der Waals surface area contributed by atoms with Crippen LogP contribution in [0.5, 0.6) is 11.5 Å². The van der Waals surface area contributed by atoms with Gasteiger partial charge in [0.05, 0.1) is 19.9 Å². The summed E-state index contributed by atoms with van der Waals surface area (Å²) in [6, 6.07) is 18.4. The molecule has 6 nitrogen and oxygen atoms in total. The minimum absolute atomic E-state index is 0.0204. The highest BCUT2D eigenvalue weighted by Crippen LogP contribution is 2.35. The number of fused-ring (bicyclic) bond motifs is 1. The molecule has 6 heteroatoms. The van der Waals surface area contributed by atoms with Crippen LogP contribution in [0, 0.1) is 11.3 Å². The first-order chi connectivity index (χ1) is 13.6. The minimum Gasteiger partial charge on any atom is -0.493 e. The summed E-state index contributed by atoms with van der Waals surface area (Å²) >= 11 is 0. The van der Waals surface area contributed by atoms with E-state index in [-0.39, 0.29) is 5.56 Å². The van der Waals surface area contributed by atoms with E-state index in [9.17, 15) is 10.1 Å². The van der Waals surface area contributed by atoms with Gasteiger partial charge < -0.3 is 18.9 Å². The number of para-hydroxylation sites is 1. The van der Waals surface area contributed by atoms with E-state index < -0.39 is 5.56 Å². The van der Waals surface area contributed by atoms with Crippen molar-refractivity contribution in [1.29, 1.82) is 5.26 Å². The number of ether oxygens (including phenoxy) is 2. The summed E-state index contributed by atoms with van der Waals surface area (Å²) in [6.45, 7) is 0. The van der Waals surface area contributed by atoms with Gasteiger partial charge in [-0.2, -0.15) is 5.26 Å². The molecule has 0 aliphatic heterocycles. The summed E-state index contributed by atoms with van der Waals surface area (Å²) in [5.74, 6) is 1.59. The van der Waals surface area contributed by atoms with Crippen molar-refractivity contribution in [3.8, 4) is 40.1 Å². The second kappa shape index (κ2) is 6.97. The lowest BCUT2D eigenvalue weighted by Crippen LogP contribution is -2.12. The molecule has 0 radical (unpaired) electrons. The third kappa shape index (κ3) is 2.89. The van der Waals surface area contributed by atoms with E-state index in [1.165, 1.54) is 7.11 Å². The molecule has 2 aromatic heterocycles. The number of hydrogen-bond acceptors (Lipinski definition) is 5. The van der Waals surface area contributed by atoms with Crippen molar-refractivity contribution in [1.82, 2.24) is 4.98 Å². The Hall–Kier alpha value is -3.98. The minimum atomic E-state index is -0.481. The molecule has 0 aliphatic rings. The molecule has 0 amide bonds. The van der Waals surface area contributed by atoms with Gasteiger partial charge in [-0.1, -0.05) is 24.3 Å². The Morgan fingerprint density at radius 3 is 2.50 bits per heavy atom. The normalized spacial score (nSPS) is 10.6. The summed E-state index contributed by atoms with van der Waals surface area (Å²) < 4.78 is 16.5. The predicted octanol–water partition coefficient (Wildman–Crippen LogP) is 4.34. The Kier molecular flexibility index (Phi) is 4.34. The van der Waals surface area contributed by atoms with E-state index in [0.717, 1.165) is 11.0 Å². The molecule has 0 fully saturated rings. The average Bonchev–Trinajstić information content (AvgIpc) is 3.17. The fourth-order valence-corrected chi connectivity index (χ4v) is 3.15. The zero-order chi connectivity index (χ0) is 19.7. The number of hydrogen-bond donors (Lipinski definition) is 1. The first-order valence-corrected chi connectivity index (χ1v) is 8.53. The highest BCUT2D eigenvalue weighted by atomic mass is 16.5. The smallest absolute Gasteiger partial charge is 0.267 e. The van der Waals surface area contributed by atoms with Crippen LogP contribution in [0.15, 0.2) is 63.8 Å². The van der Waals surface area contributed by atoms with E-state index in [1.54, 1.807) is 31.4 Å². The van der Waals surface area contributed by atoms with Crippen molar-refractivity contribution in [2.45, 2.75) is 0 Å². The quantitative estimate of drug-likeness (QED) is 0.575. The molecule has 4 aromatic rings. The van der Waals surface area contributed by atoms with Gasteiger partial charge in [0.1, 0.15) is 17.2 Å². The molecule has 2 heterocycles. The largest absolute Gasteiger partial charge is 0.493 e. The van der Waals surface area contributed by atoms with Crippen LogP contribution in [-0.4, -0.2) is 19.2 Å². The first kappa shape index (κ1) is 17.4. The molecule has 0 atom stereocenters. The Labute approximate surface area is 160 Å². The lowest BCUT2D eigenvalue weighted by molar-refractivity contribution is 0.355. The number of aromatic nitrogens is 1. The first-order valence-electron chi connectivity index (χ1n) is 8.53. The van der Waals surface area contributed by atoms with Gasteiger partial charge in [0.2, 0.25) is 0 Å². The molecule has 0 saturated heterocycles. The Morgan fingerprint density at radius 2 is 1.79 bits per heavy atom. The molecular weight excluding hydrogens is 356 g/mol. The lowest BCUT2D eigenvalue weighted by atomic mass is 10.00. The number of nitrogens with one attached hydrogen (secondary N) is 1. The predicted molar refractivity (Wildman–Crippen MR) is 106 cm³/mol. The maximum absolute atomic E-state index is 12.6. The maximum Gasteiger partial charge on any atom is 0.267 e. The number of aromatic amines is 1. The van der Waals surface area contributed by atoms with Crippen LogP contribution in [-0.2, 0) is 0 Å². The number of benzene rings is 2. The molecule has 1 N–H and O–H groups in total. The monoisotopic (exact) mass is 372 g/mol. The molecule has 4 rings (SSSR count). The fraction of sp³-hybridized carbons (Fsp3) is 0.0909. The molecule has 0 bridgehead atoms. The van der Waals surface area contributed by atoms with Crippen LogP contribution >= 0.6 is 0 Å². The Bertz CT molecular complexity index is 1240. The topological polar surface area (TPSA) is 88.2 Å². The number of nitrogens with zero attached hydrogens (tertiary/aromatic N) is 1. The van der Waals surface area contributed by atoms with Gasteiger partial charge in [-0.15, -0.1) is 0 Å². The Morgan fingerprint density at radius 1 is 1.00 bits per heavy atom. The second-order valence-electron chi connectivity index (χ2n) is 6.13. The van der Waals surface area contributed by atoms with Gasteiger partial charge in [0.25, 0.3) is 5.56 Å². The summed E-state index contributed by atoms with van der Waals surface area (Å²) in [7, 11) is 3.08. The van der Waals surface area contributed by atoms with E-state index >= 15 is 0 Å². The molecule has 0 aliphatic carbocycles. The van der Waals surface area contributed by atoms with E-state index in [0.29, 0.717) is 34.1 Å². The highest BCUT2D eigenvalue weighted by molar-refractivity contribution is 5.83. The van der Waals surface area contributed by atoms with Crippen molar-refractivity contribution in [2.24, 2.45) is 0 Å². The van der Waals surface area contributed by atoms with Crippen molar-refractivity contribution < 1.29 is 13.9 Å². The molecule has 0 spiro atoms. The number of rotatable bonds is 4. The van der Waals surface area contributed by atoms with Gasteiger partial charge in [0, 0.05) is 10.9 Å². The second-order valence-corrected chi connectivity index (χ2v) is 6.13. The summed E-state index contributed by atoms with van der Waals surface area (Å²) in [5.41, 5.74) is 1.90. The molecule has 2 aromatic carbocycles. The number of H-pyrrole nitrogens is 1. The maximum atomic E-state index is 12.6. The Balaban J connectivity index is 1.92. The van der Waals surface area contributed by atoms with Crippen LogP contribution in [0.1, 0.15) is 5.56 Å². The van der Waals surface area contributed by atoms with E-state index in [1.807, 2.05) is 36.4 Å². The zero-order valence-electron chi connectivity index (χ0n) is 15.3. The van der Waals surface area contributed by atoms with Crippen molar-refractivity contribution in [2.75, 3.05) is 14.2 Å². The molecule has 0 unspecified atom stereocenters. The third-order valence-electron chi connectivity index (χ3n) is 4.53. The number of pyridine rings is 1. The van der Waals surface area contributed by atoms with Gasteiger partial charge in [0.15, 0.2) is 17.3 Å². The van der Waals surface area contributed by atoms with Crippen LogP contribution in [0.4, 0.5) is 0 Å². The van der Waals surface area contributed by atoms with Gasteiger partial charge >= 0.3 is 0 Å². The SMILES string of the molecule is COc1ccc(-c2cc(-c3cc4ccccc4o3)[nH]c(=O)c2C#N)cc1OC. The molecule has 138 valence electrons. The van der Waals surface area contributed by atoms with Crippen molar-refractivity contribution >= 4 is 11.0 Å². The van der Waals surface area contributed by atoms with Gasteiger partial charge in [-0.05, 0) is 35.9 Å². The van der Waals surface area contributed by atoms with Gasteiger partial charge in [-0.25, -0.2) is 0 Å². The standard InChI is InChI=1S/C22H16N2O4/c1-26-19-8-7-13(9-21(19)27-2)15-11-17(24-22(25)16(15)12-23)20-10-14-5-3-4-6-18(14)28-20/h3-11H,1-2H3,(H,24,25). The van der Waals surface area contributed by atoms with Crippen LogP contribution in [0.25, 0.3) is 33.6 Å². The average molecular weight is 372 g/mol.